The van der Waals surface area contributed by atoms with Crippen molar-refractivity contribution >= 4 is 16.8 Å². The van der Waals surface area contributed by atoms with Gasteiger partial charge in [-0.05, 0) is 48.7 Å². The SMILES string of the molecule is COc1ccc(CNC(=O)Cc2c(C)nc3ccccc3c2C)cc1. The van der Waals surface area contributed by atoms with Crippen LogP contribution < -0.4 is 10.1 Å². The maximum Gasteiger partial charge on any atom is 0.224 e. The van der Waals surface area contributed by atoms with Gasteiger partial charge in [-0.25, -0.2) is 0 Å². The molecule has 0 fully saturated rings. The van der Waals surface area contributed by atoms with E-state index in [9.17, 15) is 4.79 Å². The number of aromatic nitrogens is 1. The summed E-state index contributed by atoms with van der Waals surface area (Å²) in [5.74, 6) is 0.808. The lowest BCUT2D eigenvalue weighted by molar-refractivity contribution is -0.120. The first-order valence-electron chi connectivity index (χ1n) is 8.33. The molecular weight excluding hydrogens is 312 g/mol. The summed E-state index contributed by atoms with van der Waals surface area (Å²) in [5, 5.41) is 4.08. The molecule has 25 heavy (non-hydrogen) atoms. The minimum absolute atomic E-state index is 0.000834. The second-order valence-corrected chi connectivity index (χ2v) is 6.12. The van der Waals surface area contributed by atoms with Crippen molar-refractivity contribution in [1.29, 1.82) is 0 Å². The second kappa shape index (κ2) is 7.34. The maximum atomic E-state index is 12.4. The highest BCUT2D eigenvalue weighted by Crippen LogP contribution is 2.22. The zero-order chi connectivity index (χ0) is 17.8. The lowest BCUT2D eigenvalue weighted by Gasteiger charge is -2.13. The summed E-state index contributed by atoms with van der Waals surface area (Å²) in [4.78, 5) is 17.0. The molecule has 0 aliphatic heterocycles. The standard InChI is InChI=1S/C21H22N2O2/c1-14-18-6-4-5-7-20(18)23-15(2)19(14)12-21(24)22-13-16-8-10-17(25-3)11-9-16/h4-11H,12-13H2,1-3H3,(H,22,24). The number of nitrogens with one attached hydrogen (secondary N) is 1. The van der Waals surface area contributed by atoms with Crippen LogP contribution in [-0.4, -0.2) is 18.0 Å². The van der Waals surface area contributed by atoms with Crippen molar-refractivity contribution in [3.8, 4) is 5.75 Å². The van der Waals surface area contributed by atoms with E-state index in [0.29, 0.717) is 13.0 Å². The Hall–Kier alpha value is -2.88. The van der Waals surface area contributed by atoms with Crippen LogP contribution in [0.3, 0.4) is 0 Å². The smallest absolute Gasteiger partial charge is 0.224 e. The molecule has 1 N–H and O–H groups in total. The van der Waals surface area contributed by atoms with Gasteiger partial charge in [0.15, 0.2) is 0 Å². The molecule has 3 aromatic rings. The fraction of sp³-hybridized carbons (Fsp3) is 0.238. The van der Waals surface area contributed by atoms with E-state index in [1.54, 1.807) is 7.11 Å². The minimum atomic E-state index is -0.000834. The minimum Gasteiger partial charge on any atom is -0.497 e. The number of nitrogens with zero attached hydrogens (tertiary/aromatic N) is 1. The molecule has 1 heterocycles. The van der Waals surface area contributed by atoms with E-state index in [0.717, 1.165) is 39.0 Å². The zero-order valence-corrected chi connectivity index (χ0v) is 14.8. The van der Waals surface area contributed by atoms with Gasteiger partial charge in [-0.15, -0.1) is 0 Å². The number of carbonyl (C=O) groups excluding carboxylic acids is 1. The molecule has 1 aromatic heterocycles. The summed E-state index contributed by atoms with van der Waals surface area (Å²) in [6.45, 7) is 4.52. The van der Waals surface area contributed by atoms with Crippen molar-refractivity contribution in [2.75, 3.05) is 7.11 Å². The molecule has 0 radical (unpaired) electrons. The summed E-state index contributed by atoms with van der Waals surface area (Å²) < 4.78 is 5.14. The Morgan fingerprint density at radius 3 is 2.52 bits per heavy atom. The van der Waals surface area contributed by atoms with Crippen molar-refractivity contribution in [2.24, 2.45) is 0 Å². The van der Waals surface area contributed by atoms with E-state index in [1.807, 2.05) is 49.4 Å². The van der Waals surface area contributed by atoms with E-state index < -0.39 is 0 Å². The number of amides is 1. The number of benzene rings is 2. The number of pyridine rings is 1. The van der Waals surface area contributed by atoms with Crippen molar-refractivity contribution in [3.05, 3.63) is 70.9 Å². The first-order valence-corrected chi connectivity index (χ1v) is 8.33. The molecule has 3 rings (SSSR count). The molecule has 0 atom stereocenters. The summed E-state index contributed by atoms with van der Waals surface area (Å²) in [7, 11) is 1.64. The predicted molar refractivity (Wildman–Crippen MR) is 99.8 cm³/mol. The van der Waals surface area contributed by atoms with Gasteiger partial charge in [0.05, 0.1) is 19.0 Å². The number of para-hydroxylation sites is 1. The molecular formula is C21H22N2O2. The fourth-order valence-electron chi connectivity index (χ4n) is 3.00. The third-order valence-electron chi connectivity index (χ3n) is 4.47. The third-order valence-corrected chi connectivity index (χ3v) is 4.47. The molecule has 0 aliphatic rings. The number of aryl methyl sites for hydroxylation is 2. The normalized spacial score (nSPS) is 10.7. The fourth-order valence-corrected chi connectivity index (χ4v) is 3.00. The first-order chi connectivity index (χ1) is 12.1. The van der Waals surface area contributed by atoms with Crippen molar-refractivity contribution in [2.45, 2.75) is 26.8 Å². The number of fused-ring (bicyclic) bond motifs is 1. The van der Waals surface area contributed by atoms with Gasteiger partial charge < -0.3 is 10.1 Å². The molecule has 1 amide bonds. The highest BCUT2D eigenvalue weighted by Gasteiger charge is 2.12. The van der Waals surface area contributed by atoms with Crippen molar-refractivity contribution in [3.63, 3.8) is 0 Å². The van der Waals surface area contributed by atoms with Gasteiger partial charge in [-0.2, -0.15) is 0 Å². The topological polar surface area (TPSA) is 51.2 Å². The maximum absolute atomic E-state index is 12.4. The number of ether oxygens (including phenoxy) is 1. The average Bonchev–Trinajstić information content (AvgIpc) is 2.64. The van der Waals surface area contributed by atoms with Gasteiger partial charge in [0.2, 0.25) is 5.91 Å². The summed E-state index contributed by atoms with van der Waals surface area (Å²) >= 11 is 0. The van der Waals surface area contributed by atoms with Gasteiger partial charge in [0.1, 0.15) is 5.75 Å². The molecule has 4 nitrogen and oxygen atoms in total. The number of methoxy groups -OCH3 is 1. The van der Waals surface area contributed by atoms with Crippen LogP contribution in [0.1, 0.15) is 22.4 Å². The summed E-state index contributed by atoms with van der Waals surface area (Å²) in [6, 6.07) is 15.7. The lowest BCUT2D eigenvalue weighted by Crippen LogP contribution is -2.25. The Kier molecular flexibility index (Phi) is 4.98. The Labute approximate surface area is 147 Å². The molecule has 0 saturated heterocycles. The number of rotatable bonds is 5. The highest BCUT2D eigenvalue weighted by atomic mass is 16.5. The van der Waals surface area contributed by atoms with Crippen LogP contribution in [-0.2, 0) is 17.8 Å². The van der Waals surface area contributed by atoms with Crippen LogP contribution in [0.5, 0.6) is 5.75 Å². The van der Waals surface area contributed by atoms with Gasteiger partial charge in [-0.1, -0.05) is 30.3 Å². The third kappa shape index (κ3) is 3.79. The number of hydrogen-bond donors (Lipinski definition) is 1. The Bertz CT molecular complexity index is 902. The van der Waals surface area contributed by atoms with Gasteiger partial charge >= 0.3 is 0 Å². The first kappa shape index (κ1) is 17.0. The lowest BCUT2D eigenvalue weighted by atomic mass is 9.99. The van der Waals surface area contributed by atoms with Crippen LogP contribution in [0.2, 0.25) is 0 Å². The van der Waals surface area contributed by atoms with Crippen molar-refractivity contribution in [1.82, 2.24) is 10.3 Å². The zero-order valence-electron chi connectivity index (χ0n) is 14.8. The Morgan fingerprint density at radius 2 is 1.80 bits per heavy atom. The van der Waals surface area contributed by atoms with Gasteiger partial charge in [0.25, 0.3) is 0 Å². The van der Waals surface area contributed by atoms with Crippen LogP contribution in [0, 0.1) is 13.8 Å². The molecule has 0 unspecified atom stereocenters. The van der Waals surface area contributed by atoms with Crippen molar-refractivity contribution < 1.29 is 9.53 Å². The predicted octanol–water partition coefficient (Wildman–Crippen LogP) is 3.72. The quantitative estimate of drug-likeness (QED) is 0.774. The van der Waals surface area contributed by atoms with Crippen LogP contribution in [0.25, 0.3) is 10.9 Å². The Morgan fingerprint density at radius 1 is 1.08 bits per heavy atom. The molecule has 128 valence electrons. The molecule has 4 heteroatoms. The van der Waals surface area contributed by atoms with Gasteiger partial charge in [0, 0.05) is 17.6 Å². The average molecular weight is 334 g/mol. The molecule has 0 aliphatic carbocycles. The largest absolute Gasteiger partial charge is 0.497 e. The molecule has 0 saturated carbocycles. The monoisotopic (exact) mass is 334 g/mol. The van der Waals surface area contributed by atoms with Gasteiger partial charge in [-0.3, -0.25) is 9.78 Å². The van der Waals surface area contributed by atoms with E-state index in [2.05, 4.69) is 23.3 Å². The number of hydrogen-bond acceptors (Lipinski definition) is 3. The van der Waals surface area contributed by atoms with E-state index in [1.165, 1.54) is 0 Å². The Balaban J connectivity index is 1.71. The molecule has 0 bridgehead atoms. The molecule has 2 aromatic carbocycles. The molecule has 0 spiro atoms. The van der Waals surface area contributed by atoms with E-state index in [-0.39, 0.29) is 5.91 Å². The van der Waals surface area contributed by atoms with Crippen LogP contribution in [0.15, 0.2) is 48.5 Å². The van der Waals surface area contributed by atoms with E-state index in [4.69, 9.17) is 4.74 Å². The summed E-state index contributed by atoms with van der Waals surface area (Å²) in [6.07, 6.45) is 0.339. The second-order valence-electron chi connectivity index (χ2n) is 6.12. The van der Waals surface area contributed by atoms with Crippen LogP contribution >= 0.6 is 0 Å². The summed E-state index contributed by atoms with van der Waals surface area (Å²) in [5.41, 5.74) is 5.06. The van der Waals surface area contributed by atoms with Crippen LogP contribution in [0.4, 0.5) is 0 Å². The number of carbonyl (C=O) groups is 1. The van der Waals surface area contributed by atoms with E-state index >= 15 is 0 Å². The highest BCUT2D eigenvalue weighted by molar-refractivity contribution is 5.86.